The Bertz CT molecular complexity index is 960. The van der Waals surface area contributed by atoms with Crippen LogP contribution in [-0.4, -0.2) is 57.5 Å². The van der Waals surface area contributed by atoms with Crippen molar-refractivity contribution >= 4 is 17.5 Å². The zero-order valence-electron chi connectivity index (χ0n) is 18.8. The molecule has 0 aliphatic carbocycles. The van der Waals surface area contributed by atoms with E-state index in [0.717, 1.165) is 22.6 Å². The Morgan fingerprint density at radius 3 is 2.26 bits per heavy atom. The average Bonchev–Trinajstić information content (AvgIpc) is 2.69. The van der Waals surface area contributed by atoms with Crippen LogP contribution in [0, 0.1) is 24.0 Å². The van der Waals surface area contributed by atoms with Crippen LogP contribution in [0.4, 0.5) is 16.3 Å². The quantitative estimate of drug-likeness (QED) is 0.595. The second-order valence-electron chi connectivity index (χ2n) is 8.91. The second kappa shape index (κ2) is 8.87. The van der Waals surface area contributed by atoms with Crippen LogP contribution in [-0.2, 0) is 6.42 Å². The summed E-state index contributed by atoms with van der Waals surface area (Å²) in [6.45, 7) is 12.3. The van der Waals surface area contributed by atoms with E-state index in [1.54, 1.807) is 12.1 Å². The molecule has 1 aromatic carbocycles. The molecule has 2 aromatic rings. The topological polar surface area (TPSA) is 105 Å². The van der Waals surface area contributed by atoms with Crippen molar-refractivity contribution in [2.45, 2.75) is 46.6 Å². The molecule has 0 spiro atoms. The number of urea groups is 1. The Labute approximate surface area is 182 Å². The fourth-order valence-electron chi connectivity index (χ4n) is 3.65. The zero-order valence-corrected chi connectivity index (χ0v) is 18.8. The summed E-state index contributed by atoms with van der Waals surface area (Å²) in [5.74, 6) is 1.58. The van der Waals surface area contributed by atoms with Crippen molar-refractivity contribution in [1.82, 2.24) is 20.2 Å². The molecule has 1 saturated heterocycles. The number of nitro benzene ring substituents is 1. The van der Waals surface area contributed by atoms with Crippen LogP contribution >= 0.6 is 0 Å². The van der Waals surface area contributed by atoms with E-state index in [9.17, 15) is 14.9 Å². The maximum absolute atomic E-state index is 12.5. The SMILES string of the molecule is Cc1nc(C)c(Cc2ccc([N+](=O)[O-])cc2)c(N2CCN(C(=O)NC(C)(C)C)CC2)n1. The highest BCUT2D eigenvalue weighted by Gasteiger charge is 2.26. The molecule has 1 N–H and O–H groups in total. The van der Waals surface area contributed by atoms with Crippen molar-refractivity contribution < 1.29 is 9.72 Å². The number of nitro groups is 1. The monoisotopic (exact) mass is 426 g/mol. The van der Waals surface area contributed by atoms with Crippen LogP contribution in [0.25, 0.3) is 0 Å². The number of amides is 2. The highest BCUT2D eigenvalue weighted by Crippen LogP contribution is 2.26. The Morgan fingerprint density at radius 1 is 1.10 bits per heavy atom. The molecule has 0 atom stereocenters. The van der Waals surface area contributed by atoms with Crippen molar-refractivity contribution in [3.05, 3.63) is 57.0 Å². The molecule has 1 aliphatic rings. The first-order chi connectivity index (χ1) is 14.5. The number of carbonyl (C=O) groups excluding carboxylic acids is 1. The first-order valence-electron chi connectivity index (χ1n) is 10.4. The molecule has 166 valence electrons. The first-order valence-corrected chi connectivity index (χ1v) is 10.4. The predicted molar refractivity (Wildman–Crippen MR) is 119 cm³/mol. The van der Waals surface area contributed by atoms with Gasteiger partial charge in [0.05, 0.1) is 4.92 Å². The number of non-ortho nitro benzene ring substituents is 1. The van der Waals surface area contributed by atoms with Crippen LogP contribution in [0.2, 0.25) is 0 Å². The molecule has 9 heteroatoms. The van der Waals surface area contributed by atoms with Crippen LogP contribution in [0.5, 0.6) is 0 Å². The Kier molecular flexibility index (Phi) is 6.42. The predicted octanol–water partition coefficient (Wildman–Crippen LogP) is 3.22. The minimum Gasteiger partial charge on any atom is -0.353 e. The van der Waals surface area contributed by atoms with Crippen LogP contribution in [0.3, 0.4) is 0 Å². The van der Waals surface area contributed by atoms with Gasteiger partial charge in [0, 0.05) is 61.5 Å². The minimum absolute atomic E-state index is 0.0479. The summed E-state index contributed by atoms with van der Waals surface area (Å²) >= 11 is 0. The maximum Gasteiger partial charge on any atom is 0.317 e. The third-order valence-electron chi connectivity index (χ3n) is 5.18. The van der Waals surface area contributed by atoms with E-state index in [1.807, 2.05) is 39.5 Å². The number of piperazine rings is 1. The van der Waals surface area contributed by atoms with Gasteiger partial charge < -0.3 is 15.1 Å². The molecule has 0 radical (unpaired) electrons. The van der Waals surface area contributed by atoms with Crippen LogP contribution < -0.4 is 10.2 Å². The molecule has 31 heavy (non-hydrogen) atoms. The lowest BCUT2D eigenvalue weighted by Crippen LogP contribution is -2.55. The lowest BCUT2D eigenvalue weighted by molar-refractivity contribution is -0.384. The van der Waals surface area contributed by atoms with E-state index in [4.69, 9.17) is 4.98 Å². The minimum atomic E-state index is -0.398. The summed E-state index contributed by atoms with van der Waals surface area (Å²) in [6.07, 6.45) is 0.587. The third-order valence-corrected chi connectivity index (χ3v) is 5.18. The van der Waals surface area contributed by atoms with Gasteiger partial charge >= 0.3 is 6.03 Å². The third kappa shape index (κ3) is 5.68. The summed E-state index contributed by atoms with van der Waals surface area (Å²) < 4.78 is 0. The Morgan fingerprint density at radius 2 is 1.71 bits per heavy atom. The number of benzene rings is 1. The van der Waals surface area contributed by atoms with E-state index >= 15 is 0 Å². The summed E-state index contributed by atoms with van der Waals surface area (Å²) in [5, 5.41) is 13.9. The fourth-order valence-corrected chi connectivity index (χ4v) is 3.65. The first kappa shape index (κ1) is 22.5. The van der Waals surface area contributed by atoms with E-state index in [0.29, 0.717) is 38.4 Å². The molecular weight excluding hydrogens is 396 g/mol. The second-order valence-corrected chi connectivity index (χ2v) is 8.91. The normalized spacial score (nSPS) is 14.5. The number of anilines is 1. The molecule has 9 nitrogen and oxygen atoms in total. The smallest absolute Gasteiger partial charge is 0.317 e. The Hall–Kier alpha value is -3.23. The number of aryl methyl sites for hydroxylation is 2. The number of aromatic nitrogens is 2. The number of nitrogens with zero attached hydrogens (tertiary/aromatic N) is 5. The van der Waals surface area contributed by atoms with Gasteiger partial charge in [0.1, 0.15) is 11.6 Å². The van der Waals surface area contributed by atoms with Gasteiger partial charge in [-0.2, -0.15) is 0 Å². The standard InChI is InChI=1S/C22H30N6O3/c1-15-19(14-17-6-8-18(9-7-17)28(30)31)20(24-16(2)23-15)26-10-12-27(13-11-26)21(29)25-22(3,4)5/h6-9H,10-14H2,1-5H3,(H,25,29). The molecule has 1 aliphatic heterocycles. The van der Waals surface area contributed by atoms with Gasteiger partial charge in [0.15, 0.2) is 0 Å². The van der Waals surface area contributed by atoms with Gasteiger partial charge in [-0.3, -0.25) is 10.1 Å². The largest absolute Gasteiger partial charge is 0.353 e. The average molecular weight is 427 g/mol. The number of hydrogen-bond acceptors (Lipinski definition) is 6. The van der Waals surface area contributed by atoms with Crippen LogP contribution in [0.15, 0.2) is 24.3 Å². The lowest BCUT2D eigenvalue weighted by atomic mass is 10.0. The van der Waals surface area contributed by atoms with Crippen LogP contribution in [0.1, 0.15) is 43.4 Å². The highest BCUT2D eigenvalue weighted by atomic mass is 16.6. The number of hydrogen-bond donors (Lipinski definition) is 1. The summed E-state index contributed by atoms with van der Waals surface area (Å²) in [6, 6.07) is 6.54. The molecule has 0 unspecified atom stereocenters. The Balaban J connectivity index is 1.77. The lowest BCUT2D eigenvalue weighted by Gasteiger charge is -2.37. The molecular formula is C22H30N6O3. The molecule has 1 fully saturated rings. The van der Waals surface area contributed by atoms with Gasteiger partial charge in [0.25, 0.3) is 5.69 Å². The van der Waals surface area contributed by atoms with Gasteiger partial charge in [-0.15, -0.1) is 0 Å². The highest BCUT2D eigenvalue weighted by molar-refractivity contribution is 5.75. The maximum atomic E-state index is 12.5. The van der Waals surface area contributed by atoms with E-state index < -0.39 is 4.92 Å². The van der Waals surface area contributed by atoms with E-state index in [-0.39, 0.29) is 17.3 Å². The molecule has 3 rings (SSSR count). The molecule has 2 amide bonds. The van der Waals surface area contributed by atoms with Crippen molar-refractivity contribution in [1.29, 1.82) is 0 Å². The molecule has 0 saturated carbocycles. The van der Waals surface area contributed by atoms with Crippen molar-refractivity contribution in [3.8, 4) is 0 Å². The molecule has 2 heterocycles. The summed E-state index contributed by atoms with van der Waals surface area (Å²) in [7, 11) is 0. The van der Waals surface area contributed by atoms with Gasteiger partial charge in [0.2, 0.25) is 0 Å². The van der Waals surface area contributed by atoms with Gasteiger partial charge in [-0.1, -0.05) is 12.1 Å². The zero-order chi connectivity index (χ0) is 22.8. The van der Waals surface area contributed by atoms with Gasteiger partial charge in [-0.05, 0) is 40.2 Å². The van der Waals surface area contributed by atoms with E-state index in [2.05, 4.69) is 15.2 Å². The molecule has 1 aromatic heterocycles. The van der Waals surface area contributed by atoms with Gasteiger partial charge in [-0.25, -0.2) is 14.8 Å². The van der Waals surface area contributed by atoms with Crippen molar-refractivity contribution in [2.24, 2.45) is 0 Å². The van der Waals surface area contributed by atoms with E-state index in [1.165, 1.54) is 12.1 Å². The number of rotatable bonds is 4. The summed E-state index contributed by atoms with van der Waals surface area (Å²) in [4.78, 5) is 36.3. The van der Waals surface area contributed by atoms with Crippen molar-refractivity contribution in [2.75, 3.05) is 31.1 Å². The number of nitrogens with one attached hydrogen (secondary N) is 1. The number of carbonyl (C=O) groups is 1. The fraction of sp³-hybridized carbons (Fsp3) is 0.500. The molecule has 0 bridgehead atoms. The van der Waals surface area contributed by atoms with Crippen molar-refractivity contribution in [3.63, 3.8) is 0 Å². The summed E-state index contributed by atoms with van der Waals surface area (Å²) in [5.41, 5.74) is 2.67.